The van der Waals surface area contributed by atoms with Gasteiger partial charge in [0.2, 0.25) is 11.8 Å². The quantitative estimate of drug-likeness (QED) is 0.918. The van der Waals surface area contributed by atoms with Gasteiger partial charge in [0.05, 0.1) is 5.02 Å². The summed E-state index contributed by atoms with van der Waals surface area (Å²) >= 11 is 7.54. The van der Waals surface area contributed by atoms with Gasteiger partial charge < -0.3 is 15.0 Å². The number of ether oxygens (including phenoxy) is 1. The summed E-state index contributed by atoms with van der Waals surface area (Å²) in [5, 5.41) is 5.44. The highest BCUT2D eigenvalue weighted by molar-refractivity contribution is 7.11. The molecule has 0 saturated carbocycles. The lowest BCUT2D eigenvalue weighted by atomic mass is 10.2. The third-order valence-corrected chi connectivity index (χ3v) is 4.55. The zero-order valence-corrected chi connectivity index (χ0v) is 13.9. The minimum Gasteiger partial charge on any atom is -0.429 e. The lowest BCUT2D eigenvalue weighted by Crippen LogP contribution is -2.38. The van der Waals surface area contributed by atoms with E-state index in [0.717, 1.165) is 0 Å². The zero-order valence-electron chi connectivity index (χ0n) is 12.3. The number of hydrogen-bond donors (Lipinski definition) is 1. The molecule has 0 aliphatic carbocycles. The topological polar surface area (TPSA) is 71.5 Å². The van der Waals surface area contributed by atoms with E-state index in [4.69, 9.17) is 16.3 Å². The van der Waals surface area contributed by atoms with Gasteiger partial charge in [-0.3, -0.25) is 9.59 Å². The van der Waals surface area contributed by atoms with Gasteiger partial charge in [-0.15, -0.1) is 0 Å². The summed E-state index contributed by atoms with van der Waals surface area (Å²) in [4.78, 5) is 29.2. The summed E-state index contributed by atoms with van der Waals surface area (Å²) in [7, 11) is 1.64. The largest absolute Gasteiger partial charge is 0.429 e. The van der Waals surface area contributed by atoms with E-state index in [1.165, 1.54) is 16.2 Å². The molecule has 1 atom stereocenters. The van der Waals surface area contributed by atoms with Crippen LogP contribution in [0, 0.1) is 0 Å². The number of aromatic nitrogens is 1. The second-order valence-electron chi connectivity index (χ2n) is 5.09. The number of nitrogens with one attached hydrogen (secondary N) is 1. The smallest absolute Gasteiger partial charge is 0.278 e. The Morgan fingerprint density at radius 2 is 2.35 bits per heavy atom. The van der Waals surface area contributed by atoms with Gasteiger partial charge in [0.25, 0.3) is 5.19 Å². The molecule has 1 aliphatic rings. The first-order chi connectivity index (χ1) is 11.0. The van der Waals surface area contributed by atoms with Crippen molar-refractivity contribution in [3.05, 3.63) is 34.8 Å². The van der Waals surface area contributed by atoms with E-state index >= 15 is 0 Å². The summed E-state index contributed by atoms with van der Waals surface area (Å²) < 4.78 is 5.55. The number of hydrogen-bond acceptors (Lipinski definition) is 5. The maximum atomic E-state index is 12.2. The molecule has 1 aliphatic heterocycles. The summed E-state index contributed by atoms with van der Waals surface area (Å²) in [6.07, 6.45) is 2.57. The van der Waals surface area contributed by atoms with E-state index in [9.17, 15) is 9.59 Å². The number of benzene rings is 1. The Balaban J connectivity index is 1.68. The highest BCUT2D eigenvalue weighted by Crippen LogP contribution is 2.32. The standard InChI is InChI=1S/C15H14ClN3O3S/c1-19-11(3-5-13(19)20)14(21)18-9-2-4-12(10(16)8-9)22-15-17-6-7-23-15/h2,4,6-8,11H,3,5H2,1H3,(H,18,21)/t11-/m1/s1. The molecule has 120 valence electrons. The summed E-state index contributed by atoms with van der Waals surface area (Å²) in [6, 6.07) is 4.54. The van der Waals surface area contributed by atoms with Crippen molar-refractivity contribution in [2.45, 2.75) is 18.9 Å². The number of likely N-dealkylation sites (tertiary alicyclic amines) is 1. The molecule has 3 rings (SSSR count). The Morgan fingerprint density at radius 3 is 2.96 bits per heavy atom. The Labute approximate surface area is 142 Å². The van der Waals surface area contributed by atoms with Crippen molar-refractivity contribution in [3.8, 4) is 10.9 Å². The van der Waals surface area contributed by atoms with Gasteiger partial charge >= 0.3 is 0 Å². The fourth-order valence-corrected chi connectivity index (χ4v) is 3.07. The van der Waals surface area contributed by atoms with Crippen LogP contribution >= 0.6 is 22.9 Å². The average molecular weight is 352 g/mol. The monoisotopic (exact) mass is 351 g/mol. The van der Waals surface area contributed by atoms with Crippen LogP contribution in [0.3, 0.4) is 0 Å². The van der Waals surface area contributed by atoms with Crippen LogP contribution in [0.4, 0.5) is 5.69 Å². The minimum absolute atomic E-state index is 0.0182. The lowest BCUT2D eigenvalue weighted by Gasteiger charge is -2.19. The summed E-state index contributed by atoms with van der Waals surface area (Å²) in [5.74, 6) is 0.228. The van der Waals surface area contributed by atoms with E-state index in [1.54, 1.807) is 36.8 Å². The fraction of sp³-hybridized carbons (Fsp3) is 0.267. The SMILES string of the molecule is CN1C(=O)CC[C@@H]1C(=O)Nc1ccc(Oc2nccs2)c(Cl)c1. The molecule has 1 N–H and O–H groups in total. The van der Waals surface area contributed by atoms with Crippen molar-refractivity contribution in [2.24, 2.45) is 0 Å². The molecule has 2 amide bonds. The number of anilines is 1. The molecule has 1 aromatic heterocycles. The Kier molecular flexibility index (Phi) is 4.49. The second kappa shape index (κ2) is 6.55. The maximum Gasteiger partial charge on any atom is 0.278 e. The van der Waals surface area contributed by atoms with E-state index in [1.807, 2.05) is 0 Å². The number of rotatable bonds is 4. The van der Waals surface area contributed by atoms with Crippen molar-refractivity contribution in [3.63, 3.8) is 0 Å². The van der Waals surface area contributed by atoms with Crippen LogP contribution in [0.25, 0.3) is 0 Å². The summed E-state index contributed by atoms with van der Waals surface area (Å²) in [6.45, 7) is 0. The molecule has 0 radical (unpaired) electrons. The van der Waals surface area contributed by atoms with Crippen molar-refractivity contribution >= 4 is 40.4 Å². The number of nitrogens with zero attached hydrogens (tertiary/aromatic N) is 2. The predicted octanol–water partition coefficient (Wildman–Crippen LogP) is 3.15. The highest BCUT2D eigenvalue weighted by atomic mass is 35.5. The first-order valence-electron chi connectivity index (χ1n) is 6.98. The number of carbonyl (C=O) groups excluding carboxylic acids is 2. The normalized spacial score (nSPS) is 17.4. The van der Waals surface area contributed by atoms with Crippen LogP contribution in [0.2, 0.25) is 5.02 Å². The number of thiazole rings is 1. The second-order valence-corrected chi connectivity index (χ2v) is 6.36. The molecule has 0 bridgehead atoms. The molecule has 0 unspecified atom stereocenters. The Morgan fingerprint density at radius 1 is 1.52 bits per heavy atom. The van der Waals surface area contributed by atoms with E-state index < -0.39 is 6.04 Å². The van der Waals surface area contributed by atoms with Crippen molar-refractivity contribution in [1.29, 1.82) is 0 Å². The molecule has 23 heavy (non-hydrogen) atoms. The highest BCUT2D eigenvalue weighted by Gasteiger charge is 2.33. The molecule has 1 saturated heterocycles. The molecular formula is C15H14ClN3O3S. The number of amides is 2. The van der Waals surface area contributed by atoms with Crippen LogP contribution in [0.1, 0.15) is 12.8 Å². The van der Waals surface area contributed by atoms with Gasteiger partial charge in [0.1, 0.15) is 11.8 Å². The third kappa shape index (κ3) is 3.46. The lowest BCUT2D eigenvalue weighted by molar-refractivity contribution is -0.131. The van der Waals surface area contributed by atoms with E-state index in [2.05, 4.69) is 10.3 Å². The van der Waals surface area contributed by atoms with Crippen molar-refractivity contribution in [2.75, 3.05) is 12.4 Å². The Bertz CT molecular complexity index is 736. The molecule has 8 heteroatoms. The van der Waals surface area contributed by atoms with Gasteiger partial charge in [0.15, 0.2) is 0 Å². The molecule has 1 fully saturated rings. The third-order valence-electron chi connectivity index (χ3n) is 3.60. The van der Waals surface area contributed by atoms with E-state index in [-0.39, 0.29) is 11.8 Å². The zero-order chi connectivity index (χ0) is 16.4. The average Bonchev–Trinajstić information content (AvgIpc) is 3.13. The van der Waals surface area contributed by atoms with E-state index in [0.29, 0.717) is 34.5 Å². The van der Waals surface area contributed by atoms with Crippen molar-refractivity contribution < 1.29 is 14.3 Å². The molecule has 1 aromatic carbocycles. The van der Waals surface area contributed by atoms with Crippen LogP contribution in [-0.4, -0.2) is 34.8 Å². The fourth-order valence-electron chi connectivity index (χ4n) is 2.35. The van der Waals surface area contributed by atoms with Crippen molar-refractivity contribution in [1.82, 2.24) is 9.88 Å². The maximum absolute atomic E-state index is 12.2. The first-order valence-corrected chi connectivity index (χ1v) is 8.24. The van der Waals surface area contributed by atoms with Gasteiger partial charge in [0, 0.05) is 30.7 Å². The van der Waals surface area contributed by atoms with Crippen LogP contribution < -0.4 is 10.1 Å². The number of carbonyl (C=O) groups is 2. The number of likely N-dealkylation sites (N-methyl/N-ethyl adjacent to an activating group) is 1. The minimum atomic E-state index is -0.437. The van der Waals surface area contributed by atoms with Gasteiger partial charge in [-0.25, -0.2) is 4.98 Å². The molecule has 2 heterocycles. The molecular weight excluding hydrogens is 338 g/mol. The van der Waals surface area contributed by atoms with Crippen LogP contribution in [-0.2, 0) is 9.59 Å². The summed E-state index contributed by atoms with van der Waals surface area (Å²) in [5.41, 5.74) is 0.555. The first kappa shape index (κ1) is 15.8. The Hall–Kier alpha value is -2.12. The van der Waals surface area contributed by atoms with Crippen LogP contribution in [0.5, 0.6) is 10.9 Å². The van der Waals surface area contributed by atoms with Gasteiger partial charge in [-0.1, -0.05) is 22.9 Å². The van der Waals surface area contributed by atoms with Gasteiger partial charge in [-0.05, 0) is 24.6 Å². The van der Waals surface area contributed by atoms with Crippen LogP contribution in [0.15, 0.2) is 29.8 Å². The van der Waals surface area contributed by atoms with Gasteiger partial charge in [-0.2, -0.15) is 0 Å². The molecule has 6 nitrogen and oxygen atoms in total. The molecule has 0 spiro atoms. The molecule has 2 aromatic rings. The number of halogens is 1. The predicted molar refractivity (Wildman–Crippen MR) is 88.1 cm³/mol.